The van der Waals surface area contributed by atoms with E-state index in [1.807, 2.05) is 6.92 Å². The van der Waals surface area contributed by atoms with Crippen molar-refractivity contribution in [1.82, 2.24) is 0 Å². The van der Waals surface area contributed by atoms with E-state index in [0.717, 1.165) is 11.1 Å². The third-order valence-electron chi connectivity index (χ3n) is 8.78. The number of allylic oxidation sites excluding steroid dienone is 4. The first-order chi connectivity index (χ1) is 13.5. The van der Waals surface area contributed by atoms with Crippen LogP contribution in [0.15, 0.2) is 23.3 Å². The molecule has 0 aromatic carbocycles. The Morgan fingerprint density at radius 2 is 1.93 bits per heavy atom. The lowest BCUT2D eigenvalue weighted by Crippen LogP contribution is -2.53. The molecule has 0 aromatic heterocycles. The standard InChI is InChI=1S/C23H30O6/c1-21-7-3-14(24)11-13(21)12-15(20(27)28)19-16(21)4-8-22(2)17(19)5-9-23(22,29)10-6-18(25)26/h4,11,15,17,19,29H,3,5-10,12H2,1-2H3,(H,25,26)(H,27,28)/t15?,17-,19+,21-,22-,23-/m0/s1. The van der Waals surface area contributed by atoms with Crippen molar-refractivity contribution in [2.75, 3.05) is 0 Å². The summed E-state index contributed by atoms with van der Waals surface area (Å²) in [5, 5.41) is 30.6. The lowest BCUT2D eigenvalue weighted by molar-refractivity contribution is -0.148. The van der Waals surface area contributed by atoms with Crippen LogP contribution in [0.3, 0.4) is 0 Å². The van der Waals surface area contributed by atoms with Gasteiger partial charge in [-0.25, -0.2) is 0 Å². The molecule has 4 aliphatic rings. The molecule has 6 nitrogen and oxygen atoms in total. The molecule has 29 heavy (non-hydrogen) atoms. The molecule has 3 N–H and O–H groups in total. The number of carboxylic acids is 2. The van der Waals surface area contributed by atoms with Gasteiger partial charge in [-0.15, -0.1) is 0 Å². The summed E-state index contributed by atoms with van der Waals surface area (Å²) in [7, 11) is 0. The van der Waals surface area contributed by atoms with Crippen LogP contribution in [0.25, 0.3) is 0 Å². The van der Waals surface area contributed by atoms with E-state index < -0.39 is 28.9 Å². The van der Waals surface area contributed by atoms with Gasteiger partial charge in [0, 0.05) is 23.7 Å². The van der Waals surface area contributed by atoms with Crippen molar-refractivity contribution in [3.8, 4) is 0 Å². The topological polar surface area (TPSA) is 112 Å². The third-order valence-corrected chi connectivity index (χ3v) is 8.78. The molecule has 0 saturated heterocycles. The highest BCUT2D eigenvalue weighted by atomic mass is 16.4. The van der Waals surface area contributed by atoms with E-state index in [1.54, 1.807) is 6.08 Å². The second kappa shape index (κ2) is 6.53. The number of hydrogen-bond acceptors (Lipinski definition) is 4. The fourth-order valence-electron chi connectivity index (χ4n) is 6.93. The number of fused-ring (bicyclic) bond motifs is 5. The number of carboxylic acid groups (broad SMARTS) is 2. The van der Waals surface area contributed by atoms with Crippen LogP contribution in [0.1, 0.15) is 65.2 Å². The summed E-state index contributed by atoms with van der Waals surface area (Å²) < 4.78 is 0. The Morgan fingerprint density at radius 3 is 2.59 bits per heavy atom. The first-order valence-corrected chi connectivity index (χ1v) is 10.6. The summed E-state index contributed by atoms with van der Waals surface area (Å²) in [6.45, 7) is 4.15. The van der Waals surface area contributed by atoms with Gasteiger partial charge >= 0.3 is 11.9 Å². The van der Waals surface area contributed by atoms with Gasteiger partial charge < -0.3 is 15.3 Å². The van der Waals surface area contributed by atoms with Crippen molar-refractivity contribution in [2.45, 2.75) is 70.8 Å². The van der Waals surface area contributed by atoms with Crippen molar-refractivity contribution >= 4 is 17.7 Å². The Balaban J connectivity index is 1.78. The van der Waals surface area contributed by atoms with Crippen molar-refractivity contribution in [2.24, 2.45) is 28.6 Å². The molecule has 0 heterocycles. The summed E-state index contributed by atoms with van der Waals surface area (Å²) in [5.74, 6) is -2.50. The van der Waals surface area contributed by atoms with Gasteiger partial charge in [0.05, 0.1) is 11.5 Å². The Morgan fingerprint density at radius 1 is 1.21 bits per heavy atom. The van der Waals surface area contributed by atoms with Gasteiger partial charge in [0.1, 0.15) is 0 Å². The second-order valence-corrected chi connectivity index (χ2v) is 9.99. The van der Waals surface area contributed by atoms with E-state index in [4.69, 9.17) is 5.11 Å². The molecular weight excluding hydrogens is 372 g/mol. The van der Waals surface area contributed by atoms with Crippen molar-refractivity contribution < 1.29 is 29.7 Å². The maximum atomic E-state index is 12.3. The maximum Gasteiger partial charge on any atom is 0.307 e. The highest BCUT2D eigenvalue weighted by Crippen LogP contribution is 2.67. The fraction of sp³-hybridized carbons (Fsp3) is 0.696. The number of rotatable bonds is 4. The number of carbonyl (C=O) groups is 3. The zero-order valence-electron chi connectivity index (χ0n) is 17.1. The number of carbonyl (C=O) groups excluding carboxylic acids is 1. The third kappa shape index (κ3) is 2.82. The quantitative estimate of drug-likeness (QED) is 0.622. The summed E-state index contributed by atoms with van der Waals surface area (Å²) in [5.41, 5.74) is 0.145. The first-order valence-electron chi connectivity index (χ1n) is 10.6. The van der Waals surface area contributed by atoms with Crippen molar-refractivity contribution in [1.29, 1.82) is 0 Å². The van der Waals surface area contributed by atoms with Gasteiger partial charge in [0.25, 0.3) is 0 Å². The van der Waals surface area contributed by atoms with Gasteiger partial charge in [-0.3, -0.25) is 14.4 Å². The Bertz CT molecular complexity index is 840. The smallest absolute Gasteiger partial charge is 0.307 e. The summed E-state index contributed by atoms with van der Waals surface area (Å²) in [6.07, 6.45) is 7.28. The van der Waals surface area contributed by atoms with Crippen molar-refractivity contribution in [3.63, 3.8) is 0 Å². The Kier molecular flexibility index (Phi) is 4.57. The molecule has 2 saturated carbocycles. The first kappa shape index (κ1) is 20.3. The van der Waals surface area contributed by atoms with E-state index in [1.165, 1.54) is 0 Å². The molecular formula is C23H30O6. The molecule has 6 heteroatoms. The molecule has 4 aliphatic carbocycles. The average Bonchev–Trinajstić information content (AvgIpc) is 2.92. The molecule has 4 rings (SSSR count). The van der Waals surface area contributed by atoms with Crippen LogP contribution in [0.2, 0.25) is 0 Å². The highest BCUT2D eigenvalue weighted by molar-refractivity contribution is 5.92. The summed E-state index contributed by atoms with van der Waals surface area (Å²) in [6, 6.07) is 0. The van der Waals surface area contributed by atoms with Crippen LogP contribution >= 0.6 is 0 Å². The maximum absolute atomic E-state index is 12.3. The molecule has 0 amide bonds. The minimum atomic E-state index is -1.10. The minimum Gasteiger partial charge on any atom is -0.481 e. The lowest BCUT2D eigenvalue weighted by atomic mass is 9.48. The molecule has 0 aromatic rings. The number of aliphatic carboxylic acids is 2. The summed E-state index contributed by atoms with van der Waals surface area (Å²) >= 11 is 0. The van der Waals surface area contributed by atoms with Crippen LogP contribution in [0.4, 0.5) is 0 Å². The van der Waals surface area contributed by atoms with E-state index >= 15 is 0 Å². The number of ketones is 1. The van der Waals surface area contributed by atoms with Crippen LogP contribution < -0.4 is 0 Å². The van der Waals surface area contributed by atoms with E-state index in [2.05, 4.69) is 13.0 Å². The molecule has 6 atom stereocenters. The second-order valence-electron chi connectivity index (χ2n) is 9.99. The number of hydrogen-bond donors (Lipinski definition) is 3. The molecule has 1 unspecified atom stereocenters. The van der Waals surface area contributed by atoms with Crippen LogP contribution in [0.5, 0.6) is 0 Å². The molecule has 0 aliphatic heterocycles. The predicted octanol–water partition coefficient (Wildman–Crippen LogP) is 3.35. The molecule has 0 spiro atoms. The zero-order chi connectivity index (χ0) is 21.2. The summed E-state index contributed by atoms with van der Waals surface area (Å²) in [4.78, 5) is 35.4. The molecule has 0 bridgehead atoms. The molecule has 0 radical (unpaired) electrons. The lowest BCUT2D eigenvalue weighted by Gasteiger charge is -2.56. The van der Waals surface area contributed by atoms with E-state index in [9.17, 15) is 24.6 Å². The van der Waals surface area contributed by atoms with E-state index in [0.29, 0.717) is 38.5 Å². The van der Waals surface area contributed by atoms with E-state index in [-0.39, 0.29) is 35.9 Å². The predicted molar refractivity (Wildman–Crippen MR) is 105 cm³/mol. The van der Waals surface area contributed by atoms with Crippen molar-refractivity contribution in [3.05, 3.63) is 23.3 Å². The molecule has 2 fully saturated rings. The van der Waals surface area contributed by atoms with Gasteiger partial charge in [0.2, 0.25) is 0 Å². The number of aliphatic hydroxyl groups is 1. The minimum absolute atomic E-state index is 0.00148. The van der Waals surface area contributed by atoms with Gasteiger partial charge in [-0.2, -0.15) is 0 Å². The van der Waals surface area contributed by atoms with Gasteiger partial charge in [-0.1, -0.05) is 31.1 Å². The Hall–Kier alpha value is -1.95. The van der Waals surface area contributed by atoms with Crippen LogP contribution in [-0.2, 0) is 14.4 Å². The monoisotopic (exact) mass is 402 g/mol. The fourth-order valence-corrected chi connectivity index (χ4v) is 6.93. The van der Waals surface area contributed by atoms with Crippen LogP contribution in [0, 0.1) is 28.6 Å². The highest BCUT2D eigenvalue weighted by Gasteiger charge is 2.64. The molecule has 158 valence electrons. The zero-order valence-corrected chi connectivity index (χ0v) is 17.1. The average molecular weight is 402 g/mol. The van der Waals surface area contributed by atoms with Crippen LogP contribution in [-0.4, -0.2) is 38.6 Å². The van der Waals surface area contributed by atoms with Gasteiger partial charge in [0.15, 0.2) is 5.78 Å². The van der Waals surface area contributed by atoms with Gasteiger partial charge in [-0.05, 0) is 56.4 Å². The SMILES string of the molecule is C[C@]12CCC(=O)C=C1CC(C(=O)O)[C@@H]1C2=CC[C@@]2(C)[C@H]1CC[C@]2(O)CCC(=O)O. The normalized spacial score (nSPS) is 43.6. The Labute approximate surface area is 170 Å². The largest absolute Gasteiger partial charge is 0.481 e.